The first-order chi connectivity index (χ1) is 6.81. The van der Waals surface area contributed by atoms with Crippen molar-refractivity contribution in [3.05, 3.63) is 24.8 Å². The van der Waals surface area contributed by atoms with Crippen LogP contribution in [0.3, 0.4) is 0 Å². The molecule has 0 bridgehead atoms. The second kappa shape index (κ2) is 10.5. The van der Waals surface area contributed by atoms with E-state index in [1.165, 1.54) is 0 Å². The van der Waals surface area contributed by atoms with Crippen molar-refractivity contribution in [1.29, 1.82) is 0 Å². The Bertz CT molecular complexity index is 152. The molecule has 0 saturated carbocycles. The minimum atomic E-state index is -0.599. The van der Waals surface area contributed by atoms with Crippen molar-refractivity contribution >= 4 is 0 Å². The lowest BCUT2D eigenvalue weighted by atomic mass is 10.2. The van der Waals surface area contributed by atoms with E-state index in [2.05, 4.69) is 12.7 Å². The molecule has 0 fully saturated rings. The molecule has 82 valence electrons. The summed E-state index contributed by atoms with van der Waals surface area (Å²) in [7, 11) is 0. The van der Waals surface area contributed by atoms with E-state index in [-0.39, 0.29) is 0 Å². The lowest BCUT2D eigenvalue weighted by Crippen LogP contribution is -2.10. The maximum absolute atomic E-state index is 9.22. The minimum Gasteiger partial charge on any atom is -0.368 e. The quantitative estimate of drug-likeness (QED) is 0.350. The van der Waals surface area contributed by atoms with Gasteiger partial charge in [-0.3, -0.25) is 0 Å². The number of unbranched alkanes of at least 4 members (excludes halogenated alkanes) is 2. The predicted molar refractivity (Wildman–Crippen MR) is 60.1 cm³/mol. The normalized spacial score (nSPS) is 13.3. The lowest BCUT2D eigenvalue weighted by molar-refractivity contribution is -0.0929. The maximum Gasteiger partial charge on any atom is 0.154 e. The van der Waals surface area contributed by atoms with E-state index in [9.17, 15) is 5.11 Å². The molecule has 2 heteroatoms. The first-order valence-corrected chi connectivity index (χ1v) is 5.36. The van der Waals surface area contributed by atoms with Crippen molar-refractivity contribution in [2.75, 3.05) is 6.61 Å². The van der Waals surface area contributed by atoms with Crippen LogP contribution in [-0.2, 0) is 4.74 Å². The number of allylic oxidation sites excluding steroid dienone is 2. The zero-order chi connectivity index (χ0) is 10.6. The molecule has 0 radical (unpaired) electrons. The van der Waals surface area contributed by atoms with Gasteiger partial charge in [-0.15, -0.1) is 6.58 Å². The van der Waals surface area contributed by atoms with Crippen molar-refractivity contribution in [1.82, 2.24) is 0 Å². The second-order valence-electron chi connectivity index (χ2n) is 3.27. The van der Waals surface area contributed by atoms with E-state index in [0.717, 1.165) is 25.7 Å². The van der Waals surface area contributed by atoms with Gasteiger partial charge in [0.1, 0.15) is 0 Å². The van der Waals surface area contributed by atoms with Gasteiger partial charge in [-0.05, 0) is 25.7 Å². The molecule has 0 aromatic heterocycles. The summed E-state index contributed by atoms with van der Waals surface area (Å²) in [6.07, 6.45) is 10.3. The van der Waals surface area contributed by atoms with Gasteiger partial charge in [0.2, 0.25) is 0 Å². The van der Waals surface area contributed by atoms with Gasteiger partial charge in [-0.2, -0.15) is 0 Å². The van der Waals surface area contributed by atoms with E-state index in [1.54, 1.807) is 0 Å². The van der Waals surface area contributed by atoms with E-state index >= 15 is 0 Å². The Morgan fingerprint density at radius 2 is 2.14 bits per heavy atom. The molecule has 1 atom stereocenters. The number of hydrogen-bond donors (Lipinski definition) is 1. The van der Waals surface area contributed by atoms with Crippen molar-refractivity contribution in [3.63, 3.8) is 0 Å². The predicted octanol–water partition coefficient (Wildman–Crippen LogP) is 3.03. The van der Waals surface area contributed by atoms with Crippen molar-refractivity contribution < 1.29 is 9.84 Å². The van der Waals surface area contributed by atoms with Crippen LogP contribution >= 0.6 is 0 Å². The first kappa shape index (κ1) is 13.4. The molecule has 0 rings (SSSR count). The number of aliphatic hydroxyl groups is 1. The van der Waals surface area contributed by atoms with Gasteiger partial charge in [-0.1, -0.05) is 31.6 Å². The summed E-state index contributed by atoms with van der Waals surface area (Å²) < 4.78 is 5.14. The van der Waals surface area contributed by atoms with Crippen molar-refractivity contribution in [3.8, 4) is 0 Å². The van der Waals surface area contributed by atoms with Gasteiger partial charge >= 0.3 is 0 Å². The van der Waals surface area contributed by atoms with Crippen LogP contribution in [0.25, 0.3) is 0 Å². The molecule has 1 unspecified atom stereocenters. The molecule has 0 saturated heterocycles. The molecule has 0 heterocycles. The van der Waals surface area contributed by atoms with Crippen LogP contribution in [0, 0.1) is 0 Å². The maximum atomic E-state index is 9.22. The Hall–Kier alpha value is -0.600. The summed E-state index contributed by atoms with van der Waals surface area (Å²) in [5, 5.41) is 9.22. The molecule has 1 N–H and O–H groups in total. The van der Waals surface area contributed by atoms with Crippen molar-refractivity contribution in [2.45, 2.75) is 45.3 Å². The molecule has 0 aromatic carbocycles. The monoisotopic (exact) mass is 198 g/mol. The summed E-state index contributed by atoms with van der Waals surface area (Å²) in [6, 6.07) is 0. The van der Waals surface area contributed by atoms with E-state index in [4.69, 9.17) is 4.74 Å². The molecular weight excluding hydrogens is 176 g/mol. The molecule has 0 aliphatic carbocycles. The fourth-order valence-electron chi connectivity index (χ4n) is 1.06. The first-order valence-electron chi connectivity index (χ1n) is 5.36. The van der Waals surface area contributed by atoms with Crippen LogP contribution in [0.4, 0.5) is 0 Å². The van der Waals surface area contributed by atoms with Crippen LogP contribution < -0.4 is 0 Å². The van der Waals surface area contributed by atoms with Crippen LogP contribution in [0.15, 0.2) is 24.8 Å². The molecule has 14 heavy (non-hydrogen) atoms. The number of hydrogen-bond acceptors (Lipinski definition) is 2. The Morgan fingerprint density at radius 3 is 2.79 bits per heavy atom. The number of rotatable bonds is 9. The smallest absolute Gasteiger partial charge is 0.154 e. The third-order valence-electron chi connectivity index (χ3n) is 1.87. The van der Waals surface area contributed by atoms with Crippen LogP contribution in [0.5, 0.6) is 0 Å². The molecule has 0 spiro atoms. The average Bonchev–Trinajstić information content (AvgIpc) is 2.17. The molecule has 0 aromatic rings. The Morgan fingerprint density at radius 1 is 1.36 bits per heavy atom. The molecule has 0 aliphatic rings. The van der Waals surface area contributed by atoms with Gasteiger partial charge in [0, 0.05) is 0 Å². The SMILES string of the molecule is C=CCCC/C=C/COC(O)CCC. The standard InChI is InChI=1S/C12H22O2/c1-3-5-6-7-8-9-11-14-12(13)10-4-2/h3,8-9,12-13H,1,4-7,10-11H2,2H3/b9-8+. The highest BCUT2D eigenvalue weighted by molar-refractivity contribution is 4.82. The van der Waals surface area contributed by atoms with Crippen LogP contribution in [-0.4, -0.2) is 18.0 Å². The van der Waals surface area contributed by atoms with E-state index in [1.807, 2.05) is 19.1 Å². The summed E-state index contributed by atoms with van der Waals surface area (Å²) in [5.41, 5.74) is 0. The topological polar surface area (TPSA) is 29.5 Å². The van der Waals surface area contributed by atoms with Crippen molar-refractivity contribution in [2.24, 2.45) is 0 Å². The summed E-state index contributed by atoms with van der Waals surface area (Å²) in [6.45, 7) is 6.19. The highest BCUT2D eigenvalue weighted by Gasteiger charge is 1.98. The minimum absolute atomic E-state index is 0.509. The van der Waals surface area contributed by atoms with Gasteiger partial charge in [0.05, 0.1) is 6.61 Å². The highest BCUT2D eigenvalue weighted by atomic mass is 16.6. The third-order valence-corrected chi connectivity index (χ3v) is 1.87. The molecule has 2 nitrogen and oxygen atoms in total. The fraction of sp³-hybridized carbons (Fsp3) is 0.667. The Labute approximate surface area is 87.3 Å². The fourth-order valence-corrected chi connectivity index (χ4v) is 1.06. The van der Waals surface area contributed by atoms with Crippen LogP contribution in [0.1, 0.15) is 39.0 Å². The van der Waals surface area contributed by atoms with Gasteiger partial charge in [0.25, 0.3) is 0 Å². The number of aliphatic hydroxyl groups excluding tert-OH is 1. The van der Waals surface area contributed by atoms with Gasteiger partial charge in [0.15, 0.2) is 6.29 Å². The third kappa shape index (κ3) is 9.49. The molecule has 0 amide bonds. The lowest BCUT2D eigenvalue weighted by Gasteiger charge is -2.07. The van der Waals surface area contributed by atoms with Gasteiger partial charge < -0.3 is 9.84 Å². The zero-order valence-electron chi connectivity index (χ0n) is 9.11. The highest BCUT2D eigenvalue weighted by Crippen LogP contribution is 1.99. The zero-order valence-corrected chi connectivity index (χ0v) is 9.11. The summed E-state index contributed by atoms with van der Waals surface area (Å²) >= 11 is 0. The van der Waals surface area contributed by atoms with Gasteiger partial charge in [-0.25, -0.2) is 0 Å². The molecular formula is C12H22O2. The van der Waals surface area contributed by atoms with E-state index in [0.29, 0.717) is 13.0 Å². The summed E-state index contributed by atoms with van der Waals surface area (Å²) in [5.74, 6) is 0. The average molecular weight is 198 g/mol. The van der Waals surface area contributed by atoms with Crippen LogP contribution in [0.2, 0.25) is 0 Å². The molecule has 0 aliphatic heterocycles. The number of ether oxygens (including phenoxy) is 1. The Balaban J connectivity index is 3.21. The second-order valence-corrected chi connectivity index (χ2v) is 3.27. The largest absolute Gasteiger partial charge is 0.368 e. The Kier molecular flexibility index (Phi) is 10.0. The van der Waals surface area contributed by atoms with E-state index < -0.39 is 6.29 Å². The summed E-state index contributed by atoms with van der Waals surface area (Å²) in [4.78, 5) is 0.